The van der Waals surface area contributed by atoms with Gasteiger partial charge in [0.15, 0.2) is 0 Å². The van der Waals surface area contributed by atoms with Gasteiger partial charge in [0.25, 0.3) is 11.8 Å². The molecule has 1 aromatic carbocycles. The van der Waals surface area contributed by atoms with Crippen molar-refractivity contribution in [1.29, 1.82) is 0 Å². The molecule has 2 heterocycles. The normalized spacial score (nSPS) is 15.7. The molecule has 25 heavy (non-hydrogen) atoms. The zero-order valence-corrected chi connectivity index (χ0v) is 15.0. The molecule has 1 aliphatic rings. The van der Waals surface area contributed by atoms with Crippen LogP contribution in [-0.4, -0.2) is 60.4 Å². The quantitative estimate of drug-likeness (QED) is 0.669. The van der Waals surface area contributed by atoms with E-state index in [0.29, 0.717) is 22.0 Å². The van der Waals surface area contributed by atoms with Crippen LogP contribution in [-0.2, 0) is 0 Å². The van der Waals surface area contributed by atoms with Crippen molar-refractivity contribution in [3.8, 4) is 0 Å². The number of likely N-dealkylation sites (N-methyl/N-ethyl adjacent to an activating group) is 1. The SMILES string of the molecule is Cc1noc(/N=C/N2CCN(C)CC2)c1C(=O)Nc1ccc(Cl)cc1. The third-order valence-electron chi connectivity index (χ3n) is 4.05. The number of piperazine rings is 1. The first-order chi connectivity index (χ1) is 12.0. The van der Waals surface area contributed by atoms with E-state index in [0.717, 1.165) is 26.2 Å². The summed E-state index contributed by atoms with van der Waals surface area (Å²) in [4.78, 5) is 21.2. The van der Waals surface area contributed by atoms with Crippen LogP contribution >= 0.6 is 11.6 Å². The summed E-state index contributed by atoms with van der Waals surface area (Å²) in [6, 6.07) is 6.89. The van der Waals surface area contributed by atoms with Crippen molar-refractivity contribution in [1.82, 2.24) is 15.0 Å². The molecule has 132 valence electrons. The van der Waals surface area contributed by atoms with Gasteiger partial charge in [-0.15, -0.1) is 0 Å². The second kappa shape index (κ2) is 7.67. The lowest BCUT2D eigenvalue weighted by atomic mass is 10.2. The van der Waals surface area contributed by atoms with Crippen molar-refractivity contribution in [3.05, 3.63) is 40.5 Å². The first-order valence-corrected chi connectivity index (χ1v) is 8.40. The van der Waals surface area contributed by atoms with Crippen LogP contribution in [0.2, 0.25) is 5.02 Å². The average molecular weight is 362 g/mol. The van der Waals surface area contributed by atoms with E-state index in [4.69, 9.17) is 16.1 Å². The second-order valence-corrected chi connectivity index (χ2v) is 6.43. The minimum atomic E-state index is -0.313. The molecule has 0 bridgehead atoms. The van der Waals surface area contributed by atoms with Crippen LogP contribution in [0, 0.1) is 6.92 Å². The number of rotatable bonds is 4. The average Bonchev–Trinajstić information content (AvgIpc) is 2.97. The van der Waals surface area contributed by atoms with Gasteiger partial charge >= 0.3 is 0 Å². The highest BCUT2D eigenvalue weighted by Crippen LogP contribution is 2.24. The molecule has 0 atom stereocenters. The Morgan fingerprint density at radius 3 is 2.64 bits per heavy atom. The minimum absolute atomic E-state index is 0.211. The molecule has 1 amide bonds. The molecule has 0 aliphatic carbocycles. The summed E-state index contributed by atoms with van der Waals surface area (Å²) in [5.74, 6) is -0.102. The number of nitrogens with zero attached hydrogens (tertiary/aromatic N) is 4. The van der Waals surface area contributed by atoms with Gasteiger partial charge in [0.2, 0.25) is 0 Å². The number of aromatic nitrogens is 1. The molecule has 1 fully saturated rings. The monoisotopic (exact) mass is 361 g/mol. The van der Waals surface area contributed by atoms with Gasteiger partial charge in [-0.1, -0.05) is 16.8 Å². The van der Waals surface area contributed by atoms with Gasteiger partial charge in [0, 0.05) is 36.9 Å². The molecule has 0 radical (unpaired) electrons. The molecule has 1 aromatic heterocycles. The Labute approximate surface area is 151 Å². The van der Waals surface area contributed by atoms with Crippen LogP contribution < -0.4 is 5.32 Å². The fourth-order valence-corrected chi connectivity index (χ4v) is 2.63. The number of aliphatic imine (C=N–C) groups is 1. The molecule has 2 aromatic rings. The number of aryl methyl sites for hydroxylation is 1. The van der Waals surface area contributed by atoms with Crippen LogP contribution in [0.25, 0.3) is 0 Å². The van der Waals surface area contributed by atoms with E-state index >= 15 is 0 Å². The van der Waals surface area contributed by atoms with Crippen LogP contribution in [0.5, 0.6) is 0 Å². The zero-order chi connectivity index (χ0) is 17.8. The number of anilines is 1. The van der Waals surface area contributed by atoms with E-state index in [2.05, 4.69) is 32.3 Å². The van der Waals surface area contributed by atoms with Gasteiger partial charge in [0.1, 0.15) is 5.56 Å². The Kier molecular flexibility index (Phi) is 5.35. The van der Waals surface area contributed by atoms with Gasteiger partial charge in [-0.3, -0.25) is 4.79 Å². The second-order valence-electron chi connectivity index (χ2n) is 5.99. The highest BCUT2D eigenvalue weighted by Gasteiger charge is 2.21. The predicted octanol–water partition coefficient (Wildman–Crippen LogP) is 2.80. The fraction of sp³-hybridized carbons (Fsp3) is 0.353. The first-order valence-electron chi connectivity index (χ1n) is 8.03. The Morgan fingerprint density at radius 1 is 1.28 bits per heavy atom. The van der Waals surface area contributed by atoms with Crippen molar-refractivity contribution in [2.24, 2.45) is 4.99 Å². The van der Waals surface area contributed by atoms with Crippen LogP contribution in [0.4, 0.5) is 11.6 Å². The first kappa shape index (κ1) is 17.4. The summed E-state index contributed by atoms with van der Waals surface area (Å²) in [6.07, 6.45) is 1.71. The molecule has 0 unspecified atom stereocenters. The van der Waals surface area contributed by atoms with Gasteiger partial charge in [0.05, 0.1) is 12.0 Å². The molecule has 8 heteroatoms. The fourth-order valence-electron chi connectivity index (χ4n) is 2.51. The number of amides is 1. The Bertz CT molecular complexity index is 764. The van der Waals surface area contributed by atoms with Crippen LogP contribution in [0.1, 0.15) is 16.1 Å². The molecule has 0 saturated carbocycles. The van der Waals surface area contributed by atoms with Gasteiger partial charge < -0.3 is 19.6 Å². The molecule has 0 spiro atoms. The number of carbonyl (C=O) groups excluding carboxylic acids is 1. The van der Waals surface area contributed by atoms with E-state index in [1.165, 1.54) is 0 Å². The molecule has 3 rings (SSSR count). The molecular formula is C17H20ClN5O2. The number of carbonyl (C=O) groups is 1. The topological polar surface area (TPSA) is 74.0 Å². The highest BCUT2D eigenvalue weighted by atomic mass is 35.5. The Hall–Kier alpha value is -2.38. The summed E-state index contributed by atoms with van der Waals surface area (Å²) >= 11 is 5.86. The van der Waals surface area contributed by atoms with E-state index in [1.54, 1.807) is 37.5 Å². The Morgan fingerprint density at radius 2 is 1.96 bits per heavy atom. The summed E-state index contributed by atoms with van der Waals surface area (Å²) < 4.78 is 5.22. The van der Waals surface area contributed by atoms with E-state index in [1.807, 2.05) is 0 Å². The molecule has 1 aliphatic heterocycles. The van der Waals surface area contributed by atoms with E-state index in [-0.39, 0.29) is 11.8 Å². The third kappa shape index (κ3) is 4.37. The predicted molar refractivity (Wildman–Crippen MR) is 97.9 cm³/mol. The molecule has 1 N–H and O–H groups in total. The number of hydrogen-bond acceptors (Lipinski definition) is 5. The van der Waals surface area contributed by atoms with Crippen molar-refractivity contribution >= 4 is 35.4 Å². The van der Waals surface area contributed by atoms with Crippen LogP contribution in [0.3, 0.4) is 0 Å². The van der Waals surface area contributed by atoms with Crippen molar-refractivity contribution in [2.45, 2.75) is 6.92 Å². The zero-order valence-electron chi connectivity index (χ0n) is 14.2. The summed E-state index contributed by atoms with van der Waals surface area (Å²) in [5.41, 5.74) is 1.47. The lowest BCUT2D eigenvalue weighted by molar-refractivity contribution is 0.102. The number of hydrogen-bond donors (Lipinski definition) is 1. The van der Waals surface area contributed by atoms with Crippen molar-refractivity contribution in [3.63, 3.8) is 0 Å². The standard InChI is InChI=1S/C17H20ClN5O2/c1-12-15(16(24)20-14-5-3-13(18)4-6-14)17(25-21-12)19-11-23-9-7-22(2)8-10-23/h3-6,11H,7-10H2,1-2H3,(H,20,24)/b19-11+. The molecule has 7 nitrogen and oxygen atoms in total. The maximum atomic E-state index is 12.6. The van der Waals surface area contributed by atoms with Crippen molar-refractivity contribution in [2.75, 3.05) is 38.5 Å². The lowest BCUT2D eigenvalue weighted by Crippen LogP contribution is -2.43. The molecule has 1 saturated heterocycles. The summed E-state index contributed by atoms with van der Waals surface area (Å²) in [6.45, 7) is 5.45. The van der Waals surface area contributed by atoms with E-state index < -0.39 is 0 Å². The minimum Gasteiger partial charge on any atom is -0.360 e. The van der Waals surface area contributed by atoms with Gasteiger partial charge in [-0.25, -0.2) is 4.99 Å². The Balaban J connectivity index is 1.72. The van der Waals surface area contributed by atoms with Gasteiger partial charge in [-0.2, -0.15) is 0 Å². The van der Waals surface area contributed by atoms with Crippen LogP contribution in [0.15, 0.2) is 33.8 Å². The summed E-state index contributed by atoms with van der Waals surface area (Å²) in [7, 11) is 2.09. The largest absolute Gasteiger partial charge is 0.360 e. The summed E-state index contributed by atoms with van der Waals surface area (Å²) in [5, 5.41) is 7.28. The van der Waals surface area contributed by atoms with Crippen molar-refractivity contribution < 1.29 is 9.32 Å². The number of nitrogens with one attached hydrogen (secondary N) is 1. The van der Waals surface area contributed by atoms with Gasteiger partial charge in [-0.05, 0) is 38.2 Å². The maximum Gasteiger partial charge on any atom is 0.264 e. The molecular weight excluding hydrogens is 342 g/mol. The maximum absolute atomic E-state index is 12.6. The smallest absolute Gasteiger partial charge is 0.264 e. The van der Waals surface area contributed by atoms with E-state index in [9.17, 15) is 4.79 Å². The highest BCUT2D eigenvalue weighted by molar-refractivity contribution is 6.30. The third-order valence-corrected chi connectivity index (χ3v) is 4.30. The number of benzene rings is 1. The lowest BCUT2D eigenvalue weighted by Gasteiger charge is -2.30. The number of halogens is 1.